The molecule has 0 radical (unpaired) electrons. The standard InChI is InChI=1S/C11H14N2O.C8H8F2O.C8H15NO/c12-11-9-6-14-5-8(9)7-3-1-2-4-10(7)13-11;1-6-3-2-4-7(5-6)11-8(9)10;1-2-8(10)9-6-4-3-5-7-9/h1-6H2,(H2,12,13);2-5,8H,1H3;2-7H2,1H3. The van der Waals surface area contributed by atoms with Gasteiger partial charge in [-0.15, -0.1) is 0 Å². The van der Waals surface area contributed by atoms with Gasteiger partial charge in [0.1, 0.15) is 11.6 Å². The van der Waals surface area contributed by atoms with Gasteiger partial charge in [-0.1, -0.05) is 19.1 Å². The molecule has 2 N–H and O–H groups in total. The van der Waals surface area contributed by atoms with E-state index in [1.165, 1.54) is 55.0 Å². The summed E-state index contributed by atoms with van der Waals surface area (Å²) in [6.45, 7) is 4.39. The highest BCUT2D eigenvalue weighted by Gasteiger charge is 2.24. The number of anilines is 1. The van der Waals surface area contributed by atoms with E-state index < -0.39 is 6.61 Å². The number of alkyl halides is 2. The number of halogens is 2. The number of aryl methyl sites for hydroxylation is 2. The summed E-state index contributed by atoms with van der Waals surface area (Å²) in [4.78, 5) is 17.6. The van der Waals surface area contributed by atoms with Crippen LogP contribution in [0.3, 0.4) is 0 Å². The van der Waals surface area contributed by atoms with E-state index in [1.807, 2.05) is 24.8 Å². The van der Waals surface area contributed by atoms with E-state index in [-0.39, 0.29) is 5.75 Å². The predicted octanol–water partition coefficient (Wildman–Crippen LogP) is 5.58. The monoisotopic (exact) mass is 489 g/mol. The van der Waals surface area contributed by atoms with Crippen molar-refractivity contribution in [2.45, 2.75) is 85.0 Å². The lowest BCUT2D eigenvalue weighted by Gasteiger charge is -2.26. The van der Waals surface area contributed by atoms with Gasteiger partial charge in [-0.25, -0.2) is 4.98 Å². The van der Waals surface area contributed by atoms with Gasteiger partial charge in [-0.05, 0) is 80.7 Å². The normalized spacial score (nSPS) is 16.3. The second kappa shape index (κ2) is 13.4. The third-order valence-electron chi connectivity index (χ3n) is 6.45. The lowest BCUT2D eigenvalue weighted by atomic mass is 9.91. The summed E-state index contributed by atoms with van der Waals surface area (Å²) >= 11 is 0. The zero-order valence-electron chi connectivity index (χ0n) is 20.8. The topological polar surface area (TPSA) is 77.7 Å². The number of likely N-dealkylation sites (tertiary alicyclic amines) is 1. The number of nitrogen functional groups attached to an aromatic ring is 1. The maximum Gasteiger partial charge on any atom is 0.387 e. The van der Waals surface area contributed by atoms with E-state index in [9.17, 15) is 13.6 Å². The Labute approximate surface area is 206 Å². The maximum absolute atomic E-state index is 11.6. The van der Waals surface area contributed by atoms with Crippen LogP contribution in [-0.2, 0) is 35.6 Å². The Kier molecular flexibility index (Phi) is 10.3. The summed E-state index contributed by atoms with van der Waals surface area (Å²) < 4.78 is 32.9. The summed E-state index contributed by atoms with van der Waals surface area (Å²) in [5.74, 6) is 1.22. The molecule has 1 fully saturated rings. The number of amides is 1. The van der Waals surface area contributed by atoms with Crippen molar-refractivity contribution in [3.05, 3.63) is 52.2 Å². The minimum absolute atomic E-state index is 0.208. The summed E-state index contributed by atoms with van der Waals surface area (Å²) in [7, 11) is 0. The number of piperidine rings is 1. The van der Waals surface area contributed by atoms with Gasteiger partial charge in [-0.3, -0.25) is 4.79 Å². The molecule has 3 aliphatic rings. The van der Waals surface area contributed by atoms with Gasteiger partial charge in [0.15, 0.2) is 0 Å². The number of aromatic nitrogens is 1. The van der Waals surface area contributed by atoms with Crippen LogP contribution in [0.2, 0.25) is 0 Å². The second-order valence-corrected chi connectivity index (χ2v) is 9.07. The smallest absolute Gasteiger partial charge is 0.387 e. The SMILES string of the molecule is CCC(=O)N1CCCCC1.Cc1cccc(OC(F)F)c1.Nc1nc2c(c3c1COC3)CCCC2. The van der Waals surface area contributed by atoms with E-state index in [4.69, 9.17) is 10.5 Å². The van der Waals surface area contributed by atoms with E-state index in [2.05, 4.69) is 9.72 Å². The second-order valence-electron chi connectivity index (χ2n) is 9.07. The predicted molar refractivity (Wildman–Crippen MR) is 132 cm³/mol. The van der Waals surface area contributed by atoms with Crippen LogP contribution >= 0.6 is 0 Å². The molecule has 2 aliphatic heterocycles. The van der Waals surface area contributed by atoms with Crippen LogP contribution in [0.25, 0.3) is 0 Å². The summed E-state index contributed by atoms with van der Waals surface area (Å²) in [5, 5.41) is 0. The Balaban J connectivity index is 0.000000150. The minimum atomic E-state index is -2.74. The largest absolute Gasteiger partial charge is 0.435 e. The van der Waals surface area contributed by atoms with Crippen molar-refractivity contribution in [1.82, 2.24) is 9.88 Å². The van der Waals surface area contributed by atoms with Crippen molar-refractivity contribution < 1.29 is 23.0 Å². The average Bonchev–Trinajstić information content (AvgIpc) is 3.36. The average molecular weight is 490 g/mol. The highest BCUT2D eigenvalue weighted by molar-refractivity contribution is 5.75. The van der Waals surface area contributed by atoms with Crippen molar-refractivity contribution in [2.75, 3.05) is 18.8 Å². The number of fused-ring (bicyclic) bond motifs is 3. The fourth-order valence-corrected chi connectivity index (χ4v) is 4.64. The highest BCUT2D eigenvalue weighted by Crippen LogP contribution is 2.33. The van der Waals surface area contributed by atoms with Crippen LogP contribution < -0.4 is 10.5 Å². The molecular weight excluding hydrogens is 452 g/mol. The first kappa shape index (κ1) is 26.9. The summed E-state index contributed by atoms with van der Waals surface area (Å²) in [6, 6.07) is 6.55. The molecule has 0 atom stereocenters. The van der Waals surface area contributed by atoms with Crippen molar-refractivity contribution >= 4 is 11.7 Å². The molecule has 5 rings (SSSR count). The zero-order valence-corrected chi connectivity index (χ0v) is 20.8. The van der Waals surface area contributed by atoms with E-state index >= 15 is 0 Å². The Morgan fingerprint density at radius 2 is 1.80 bits per heavy atom. The Hall–Kier alpha value is -2.74. The number of carbonyl (C=O) groups is 1. The first-order valence-corrected chi connectivity index (χ1v) is 12.5. The fraction of sp³-hybridized carbons (Fsp3) is 0.556. The third kappa shape index (κ3) is 7.88. The molecule has 1 saturated heterocycles. The highest BCUT2D eigenvalue weighted by atomic mass is 19.3. The van der Waals surface area contributed by atoms with Crippen LogP contribution in [0.4, 0.5) is 14.6 Å². The van der Waals surface area contributed by atoms with Gasteiger partial charge >= 0.3 is 6.61 Å². The molecule has 6 nitrogen and oxygen atoms in total. The van der Waals surface area contributed by atoms with Crippen molar-refractivity contribution in [3.63, 3.8) is 0 Å². The Morgan fingerprint density at radius 3 is 2.49 bits per heavy atom. The number of rotatable bonds is 3. The van der Waals surface area contributed by atoms with Crippen LogP contribution in [0.5, 0.6) is 5.75 Å². The zero-order chi connectivity index (χ0) is 25.2. The number of carbonyl (C=O) groups excluding carboxylic acids is 1. The number of benzene rings is 1. The first-order valence-electron chi connectivity index (χ1n) is 12.5. The molecule has 0 saturated carbocycles. The van der Waals surface area contributed by atoms with Gasteiger partial charge in [0.05, 0.1) is 13.2 Å². The number of ether oxygens (including phenoxy) is 2. The number of hydrogen-bond donors (Lipinski definition) is 1. The molecular formula is C27H37F2N3O3. The maximum atomic E-state index is 11.6. The third-order valence-corrected chi connectivity index (χ3v) is 6.45. The number of nitrogens with two attached hydrogens (primary N) is 1. The molecule has 1 aromatic carbocycles. The van der Waals surface area contributed by atoms with Crippen LogP contribution in [-0.4, -0.2) is 35.5 Å². The molecule has 1 amide bonds. The van der Waals surface area contributed by atoms with Crippen LogP contribution in [0.15, 0.2) is 24.3 Å². The quantitative estimate of drug-likeness (QED) is 0.609. The van der Waals surface area contributed by atoms with Crippen LogP contribution in [0, 0.1) is 6.92 Å². The van der Waals surface area contributed by atoms with Crippen molar-refractivity contribution in [3.8, 4) is 5.75 Å². The van der Waals surface area contributed by atoms with Crippen molar-refractivity contribution in [2.24, 2.45) is 0 Å². The molecule has 0 spiro atoms. The van der Waals surface area contributed by atoms with Gasteiger partial charge in [-0.2, -0.15) is 8.78 Å². The molecule has 1 aromatic heterocycles. The number of hydrogen-bond acceptors (Lipinski definition) is 5. The molecule has 1 aliphatic carbocycles. The Morgan fingerprint density at radius 1 is 1.09 bits per heavy atom. The van der Waals surface area contributed by atoms with Crippen molar-refractivity contribution in [1.29, 1.82) is 0 Å². The van der Waals surface area contributed by atoms with E-state index in [0.717, 1.165) is 43.7 Å². The molecule has 35 heavy (non-hydrogen) atoms. The molecule has 2 aromatic rings. The molecule has 8 heteroatoms. The fourth-order valence-electron chi connectivity index (χ4n) is 4.64. The molecule has 192 valence electrons. The number of nitrogens with zero attached hydrogens (tertiary/aromatic N) is 2. The van der Waals surface area contributed by atoms with Crippen LogP contribution in [0.1, 0.15) is 73.4 Å². The van der Waals surface area contributed by atoms with Gasteiger partial charge < -0.3 is 20.1 Å². The molecule has 0 unspecified atom stereocenters. The lowest BCUT2D eigenvalue weighted by molar-refractivity contribution is -0.131. The van der Waals surface area contributed by atoms with Gasteiger partial charge in [0.25, 0.3) is 0 Å². The minimum Gasteiger partial charge on any atom is -0.435 e. The van der Waals surface area contributed by atoms with Gasteiger partial charge in [0.2, 0.25) is 5.91 Å². The summed E-state index contributed by atoms with van der Waals surface area (Å²) in [5.41, 5.74) is 11.9. The van der Waals surface area contributed by atoms with E-state index in [0.29, 0.717) is 24.8 Å². The molecule has 0 bridgehead atoms. The first-order chi connectivity index (χ1) is 16.9. The van der Waals surface area contributed by atoms with Gasteiger partial charge in [0, 0.05) is 30.8 Å². The molecule has 3 heterocycles. The lowest BCUT2D eigenvalue weighted by Crippen LogP contribution is -2.34. The number of pyridine rings is 1. The Bertz CT molecular complexity index is 978. The van der Waals surface area contributed by atoms with E-state index in [1.54, 1.807) is 12.1 Å². The summed E-state index contributed by atoms with van der Waals surface area (Å²) in [6.07, 6.45) is 9.15.